The van der Waals surface area contributed by atoms with Gasteiger partial charge in [0.05, 0.1) is 7.11 Å². The number of methoxy groups -OCH3 is 1. The number of aliphatic hydroxyl groups is 1. The Labute approximate surface area is 227 Å². The molecule has 1 unspecified atom stereocenters. The molecule has 1 aliphatic rings. The molecule has 4 rings (SSSR count). The molecule has 1 aliphatic heterocycles. The molecule has 2 N–H and O–H groups in total. The van der Waals surface area contributed by atoms with Crippen molar-refractivity contribution < 1.29 is 19.3 Å². The number of rotatable bonds is 11. The van der Waals surface area contributed by atoms with Gasteiger partial charge in [-0.2, -0.15) is 0 Å². The molecule has 0 spiro atoms. The third kappa shape index (κ3) is 6.98. The highest BCUT2D eigenvalue weighted by Crippen LogP contribution is 2.53. The summed E-state index contributed by atoms with van der Waals surface area (Å²) < 4.78 is 17.9. The van der Waals surface area contributed by atoms with Crippen LogP contribution >= 0.6 is 12.4 Å². The van der Waals surface area contributed by atoms with Gasteiger partial charge in [-0.25, -0.2) is 0 Å². The Kier molecular flexibility index (Phi) is 10.3. The van der Waals surface area contributed by atoms with Crippen LogP contribution in [0, 0.1) is 0 Å². The highest BCUT2D eigenvalue weighted by molar-refractivity contribution is 5.85. The van der Waals surface area contributed by atoms with E-state index >= 15 is 0 Å². The summed E-state index contributed by atoms with van der Waals surface area (Å²) in [6.45, 7) is 8.19. The highest BCUT2D eigenvalue weighted by Gasteiger charge is 2.45. The van der Waals surface area contributed by atoms with Crippen LogP contribution in [0.5, 0.6) is 17.2 Å². The second-order valence-corrected chi connectivity index (χ2v) is 10.1. The SMILES string of the molecule is CCCCNCC(O)COc1ccc([C@@H]2c3ccc(OC)cc3OC(C)(C)[C@@H]2c2ccccc2)cc1.Cl. The Morgan fingerprint density at radius 2 is 1.68 bits per heavy atom. The lowest BCUT2D eigenvalue weighted by Crippen LogP contribution is -2.43. The van der Waals surface area contributed by atoms with Crippen molar-refractivity contribution in [2.45, 2.75) is 57.2 Å². The van der Waals surface area contributed by atoms with E-state index in [0.717, 1.165) is 42.2 Å². The summed E-state index contributed by atoms with van der Waals surface area (Å²) in [5.41, 5.74) is 3.15. The number of hydrogen-bond acceptors (Lipinski definition) is 5. The predicted molar refractivity (Wildman–Crippen MR) is 152 cm³/mol. The fourth-order valence-corrected chi connectivity index (χ4v) is 5.13. The lowest BCUT2D eigenvalue weighted by Gasteiger charge is -2.45. The molecule has 3 aromatic carbocycles. The molecule has 1 heterocycles. The number of fused-ring (bicyclic) bond motifs is 1. The molecule has 0 radical (unpaired) electrons. The first kappa shape index (κ1) is 28.8. The second-order valence-electron chi connectivity index (χ2n) is 10.1. The molecule has 37 heavy (non-hydrogen) atoms. The second kappa shape index (κ2) is 13.2. The van der Waals surface area contributed by atoms with Crippen LogP contribution < -0.4 is 19.5 Å². The molecule has 0 saturated carbocycles. The van der Waals surface area contributed by atoms with E-state index in [1.165, 1.54) is 11.1 Å². The van der Waals surface area contributed by atoms with E-state index in [0.29, 0.717) is 6.54 Å². The Balaban J connectivity index is 0.00000380. The monoisotopic (exact) mass is 525 g/mol. The topological polar surface area (TPSA) is 60.0 Å². The minimum absolute atomic E-state index is 0. The van der Waals surface area contributed by atoms with Gasteiger partial charge in [0.2, 0.25) is 0 Å². The van der Waals surface area contributed by atoms with Crippen molar-refractivity contribution in [3.05, 3.63) is 89.5 Å². The van der Waals surface area contributed by atoms with Crippen molar-refractivity contribution in [1.29, 1.82) is 0 Å². The maximum Gasteiger partial charge on any atom is 0.127 e. The van der Waals surface area contributed by atoms with E-state index in [1.807, 2.05) is 30.3 Å². The minimum atomic E-state index is -0.540. The van der Waals surface area contributed by atoms with Gasteiger partial charge in [-0.05, 0) is 56.1 Å². The lowest BCUT2D eigenvalue weighted by molar-refractivity contribution is 0.0528. The van der Waals surface area contributed by atoms with Crippen molar-refractivity contribution in [3.8, 4) is 17.2 Å². The quantitative estimate of drug-likeness (QED) is 0.286. The van der Waals surface area contributed by atoms with Crippen molar-refractivity contribution in [1.82, 2.24) is 5.32 Å². The maximum atomic E-state index is 10.2. The molecule has 0 aliphatic carbocycles. The molecule has 6 heteroatoms. The first-order valence-corrected chi connectivity index (χ1v) is 13.0. The fraction of sp³-hybridized carbons (Fsp3) is 0.419. The van der Waals surface area contributed by atoms with Gasteiger partial charge in [0, 0.05) is 30.0 Å². The van der Waals surface area contributed by atoms with Crippen LogP contribution in [0.25, 0.3) is 0 Å². The molecule has 0 saturated heterocycles. The van der Waals surface area contributed by atoms with Crippen LogP contribution in [-0.4, -0.2) is 43.6 Å². The van der Waals surface area contributed by atoms with E-state index in [2.05, 4.69) is 68.6 Å². The molecular weight excluding hydrogens is 486 g/mol. The van der Waals surface area contributed by atoms with Crippen molar-refractivity contribution >= 4 is 12.4 Å². The van der Waals surface area contributed by atoms with Gasteiger partial charge in [0.25, 0.3) is 0 Å². The van der Waals surface area contributed by atoms with Crippen molar-refractivity contribution in [3.63, 3.8) is 0 Å². The van der Waals surface area contributed by atoms with E-state index in [-0.39, 0.29) is 30.8 Å². The first-order chi connectivity index (χ1) is 17.4. The number of nitrogens with one attached hydrogen (secondary N) is 1. The average molecular weight is 526 g/mol. The van der Waals surface area contributed by atoms with Gasteiger partial charge in [0.1, 0.15) is 35.6 Å². The zero-order valence-electron chi connectivity index (χ0n) is 22.3. The Hall–Kier alpha value is -2.73. The normalized spacial score (nSPS) is 18.6. The van der Waals surface area contributed by atoms with Crippen LogP contribution in [-0.2, 0) is 0 Å². The van der Waals surface area contributed by atoms with Gasteiger partial charge < -0.3 is 24.6 Å². The summed E-state index contributed by atoms with van der Waals surface area (Å²) >= 11 is 0. The lowest BCUT2D eigenvalue weighted by atomic mass is 9.68. The molecule has 0 fully saturated rings. The summed E-state index contributed by atoms with van der Waals surface area (Å²) in [4.78, 5) is 0. The Morgan fingerprint density at radius 3 is 2.35 bits per heavy atom. The third-order valence-corrected chi connectivity index (χ3v) is 6.94. The van der Waals surface area contributed by atoms with Gasteiger partial charge in [-0.3, -0.25) is 0 Å². The number of hydrogen-bond donors (Lipinski definition) is 2. The summed E-state index contributed by atoms with van der Waals surface area (Å²) in [6, 6.07) is 25.0. The molecule has 200 valence electrons. The summed E-state index contributed by atoms with van der Waals surface area (Å²) in [6.07, 6.45) is 1.71. The number of unbranched alkanes of at least 4 members (excludes halogenated alkanes) is 1. The molecule has 0 aromatic heterocycles. The fourth-order valence-electron chi connectivity index (χ4n) is 5.13. The number of halogens is 1. The molecular formula is C31H40ClNO4. The zero-order chi connectivity index (χ0) is 25.5. The first-order valence-electron chi connectivity index (χ1n) is 13.0. The molecule has 3 aromatic rings. The number of aliphatic hydroxyl groups excluding tert-OH is 1. The zero-order valence-corrected chi connectivity index (χ0v) is 23.1. The standard InChI is InChI=1S/C31H39NO4.ClH/c1-5-6-18-32-20-24(33)21-35-25-14-12-22(13-15-25)29-27-17-16-26(34-4)19-28(27)36-31(2,3)30(29)23-10-8-7-9-11-23;/h7-17,19,24,29-30,32-33H,5-6,18,20-21H2,1-4H3;1H/t24?,29-,30-;/m1./s1. The van der Waals surface area contributed by atoms with Crippen LogP contribution in [0.3, 0.4) is 0 Å². The molecule has 0 amide bonds. The summed E-state index contributed by atoms with van der Waals surface area (Å²) in [5.74, 6) is 2.61. The van der Waals surface area contributed by atoms with Crippen molar-refractivity contribution in [2.24, 2.45) is 0 Å². The minimum Gasteiger partial charge on any atom is -0.497 e. The molecule has 5 nitrogen and oxygen atoms in total. The third-order valence-electron chi connectivity index (χ3n) is 6.94. The van der Waals surface area contributed by atoms with Crippen molar-refractivity contribution in [2.75, 3.05) is 26.8 Å². The smallest absolute Gasteiger partial charge is 0.127 e. The Morgan fingerprint density at radius 1 is 0.973 bits per heavy atom. The molecule has 3 atom stereocenters. The van der Waals surface area contributed by atoms with Crippen LogP contribution in [0.15, 0.2) is 72.8 Å². The van der Waals surface area contributed by atoms with Gasteiger partial charge >= 0.3 is 0 Å². The van der Waals surface area contributed by atoms with Gasteiger partial charge in [0.15, 0.2) is 0 Å². The van der Waals surface area contributed by atoms with Crippen LogP contribution in [0.4, 0.5) is 0 Å². The highest BCUT2D eigenvalue weighted by atomic mass is 35.5. The summed E-state index contributed by atoms with van der Waals surface area (Å²) in [5, 5.41) is 13.5. The predicted octanol–water partition coefficient (Wildman–Crippen LogP) is 6.33. The number of ether oxygens (including phenoxy) is 3. The van der Waals surface area contributed by atoms with Gasteiger partial charge in [-0.1, -0.05) is 61.9 Å². The van der Waals surface area contributed by atoms with Gasteiger partial charge in [-0.15, -0.1) is 12.4 Å². The van der Waals surface area contributed by atoms with Crippen LogP contribution in [0.1, 0.15) is 62.1 Å². The number of benzene rings is 3. The average Bonchev–Trinajstić information content (AvgIpc) is 2.89. The Bertz CT molecular complexity index is 1100. The van der Waals surface area contributed by atoms with E-state index < -0.39 is 11.7 Å². The van der Waals surface area contributed by atoms with E-state index in [9.17, 15) is 5.11 Å². The molecule has 0 bridgehead atoms. The maximum absolute atomic E-state index is 10.2. The summed E-state index contributed by atoms with van der Waals surface area (Å²) in [7, 11) is 1.68. The van der Waals surface area contributed by atoms with E-state index in [1.54, 1.807) is 7.11 Å². The van der Waals surface area contributed by atoms with Crippen LogP contribution in [0.2, 0.25) is 0 Å². The largest absolute Gasteiger partial charge is 0.497 e. The van der Waals surface area contributed by atoms with E-state index in [4.69, 9.17) is 14.2 Å².